The molecule has 1 unspecified atom stereocenters. The maximum atomic E-state index is 12.2. The van der Waals surface area contributed by atoms with E-state index in [1.165, 1.54) is 4.68 Å². The highest BCUT2D eigenvalue weighted by molar-refractivity contribution is 5.43. The average molecular weight is 294 g/mol. The molecule has 6 nitrogen and oxygen atoms in total. The first-order chi connectivity index (χ1) is 9.91. The van der Waals surface area contributed by atoms with Crippen molar-refractivity contribution in [2.45, 2.75) is 45.9 Å². The molecule has 1 fully saturated rings. The zero-order chi connectivity index (χ0) is 15.5. The van der Waals surface area contributed by atoms with Crippen molar-refractivity contribution in [3.8, 4) is 0 Å². The van der Waals surface area contributed by atoms with Crippen molar-refractivity contribution in [1.29, 1.82) is 0 Å². The van der Waals surface area contributed by atoms with Crippen LogP contribution in [0.25, 0.3) is 0 Å². The fourth-order valence-corrected chi connectivity index (χ4v) is 2.64. The number of morpholine rings is 1. The van der Waals surface area contributed by atoms with Crippen LogP contribution in [0.3, 0.4) is 0 Å². The van der Waals surface area contributed by atoms with E-state index in [9.17, 15) is 4.79 Å². The molecular weight excluding hydrogens is 268 g/mol. The highest BCUT2D eigenvalue weighted by Gasteiger charge is 2.27. The smallest absolute Gasteiger partial charge is 0.268 e. The predicted octanol–water partition coefficient (Wildman–Crippen LogP) is 0.857. The van der Waals surface area contributed by atoms with Crippen molar-refractivity contribution in [3.63, 3.8) is 0 Å². The number of aromatic nitrogens is 2. The zero-order valence-electron chi connectivity index (χ0n) is 13.4. The summed E-state index contributed by atoms with van der Waals surface area (Å²) in [6.07, 6.45) is 1.78. The highest BCUT2D eigenvalue weighted by Crippen LogP contribution is 2.21. The normalized spacial score (nSPS) is 19.5. The highest BCUT2D eigenvalue weighted by atomic mass is 16.5. The zero-order valence-corrected chi connectivity index (χ0v) is 13.4. The number of nitrogens with zero attached hydrogens (tertiary/aromatic N) is 3. The predicted molar refractivity (Wildman–Crippen MR) is 83.9 cm³/mol. The van der Waals surface area contributed by atoms with E-state index in [-0.39, 0.29) is 17.2 Å². The van der Waals surface area contributed by atoms with Crippen molar-refractivity contribution in [3.05, 3.63) is 22.6 Å². The lowest BCUT2D eigenvalue weighted by atomic mass is 10.1. The van der Waals surface area contributed by atoms with E-state index in [0.29, 0.717) is 13.2 Å². The van der Waals surface area contributed by atoms with E-state index in [1.807, 2.05) is 0 Å². The van der Waals surface area contributed by atoms with Crippen LogP contribution in [0.15, 0.2) is 17.1 Å². The summed E-state index contributed by atoms with van der Waals surface area (Å²) in [7, 11) is 0. The van der Waals surface area contributed by atoms with Gasteiger partial charge in [0, 0.05) is 25.2 Å². The topological polar surface area (TPSA) is 59.4 Å². The molecule has 1 atom stereocenters. The van der Waals surface area contributed by atoms with Crippen molar-refractivity contribution < 1.29 is 4.74 Å². The van der Waals surface area contributed by atoms with Crippen molar-refractivity contribution in [1.82, 2.24) is 15.1 Å². The molecule has 0 saturated carbocycles. The molecule has 21 heavy (non-hydrogen) atoms. The van der Waals surface area contributed by atoms with Crippen LogP contribution in [0.2, 0.25) is 0 Å². The van der Waals surface area contributed by atoms with Gasteiger partial charge in [-0.25, -0.2) is 4.68 Å². The SMILES string of the molecule is CCNC(C)Cn1ncc(N2CCOC(C)(C)C2)cc1=O. The van der Waals surface area contributed by atoms with Crippen LogP contribution >= 0.6 is 0 Å². The van der Waals surface area contributed by atoms with Crippen LogP contribution in [-0.2, 0) is 11.3 Å². The third-order valence-electron chi connectivity index (χ3n) is 3.65. The molecule has 0 aromatic carbocycles. The van der Waals surface area contributed by atoms with Crippen LogP contribution in [0.4, 0.5) is 5.69 Å². The third kappa shape index (κ3) is 4.28. The molecule has 1 saturated heterocycles. The number of nitrogens with one attached hydrogen (secondary N) is 1. The Morgan fingerprint density at radius 3 is 2.90 bits per heavy atom. The van der Waals surface area contributed by atoms with Crippen molar-refractivity contribution >= 4 is 5.69 Å². The summed E-state index contributed by atoms with van der Waals surface area (Å²) >= 11 is 0. The minimum atomic E-state index is -0.188. The van der Waals surface area contributed by atoms with E-state index in [1.54, 1.807) is 12.3 Å². The van der Waals surface area contributed by atoms with Gasteiger partial charge in [-0.3, -0.25) is 4.79 Å². The van der Waals surface area contributed by atoms with Crippen LogP contribution in [0, 0.1) is 0 Å². The van der Waals surface area contributed by atoms with Gasteiger partial charge in [0.15, 0.2) is 0 Å². The van der Waals surface area contributed by atoms with Gasteiger partial charge < -0.3 is 15.0 Å². The lowest BCUT2D eigenvalue weighted by Gasteiger charge is -2.39. The Labute approximate surface area is 126 Å². The number of hydrogen-bond donors (Lipinski definition) is 1. The average Bonchev–Trinajstić information content (AvgIpc) is 2.40. The van der Waals surface area contributed by atoms with Crippen molar-refractivity contribution in [2.75, 3.05) is 31.1 Å². The Hall–Kier alpha value is -1.40. The molecular formula is C15H26N4O2. The summed E-state index contributed by atoms with van der Waals surface area (Å²) in [5.74, 6) is 0. The molecule has 118 valence electrons. The molecule has 0 amide bonds. The van der Waals surface area contributed by atoms with Crippen LogP contribution < -0.4 is 15.8 Å². The number of ether oxygens (including phenoxy) is 1. The van der Waals surface area contributed by atoms with Gasteiger partial charge in [-0.1, -0.05) is 6.92 Å². The minimum Gasteiger partial charge on any atom is -0.372 e. The number of anilines is 1. The number of hydrogen-bond acceptors (Lipinski definition) is 5. The molecule has 2 heterocycles. The fourth-order valence-electron chi connectivity index (χ4n) is 2.64. The molecule has 6 heteroatoms. The molecule has 0 aliphatic carbocycles. The van der Waals surface area contributed by atoms with Gasteiger partial charge in [-0.05, 0) is 27.3 Å². The van der Waals surface area contributed by atoms with Gasteiger partial charge in [0.1, 0.15) is 0 Å². The maximum Gasteiger partial charge on any atom is 0.268 e. The molecule has 0 radical (unpaired) electrons. The van der Waals surface area contributed by atoms with Gasteiger partial charge >= 0.3 is 0 Å². The molecule has 1 aliphatic heterocycles. The Balaban J connectivity index is 2.10. The summed E-state index contributed by atoms with van der Waals surface area (Å²) in [4.78, 5) is 14.4. The van der Waals surface area contributed by atoms with Gasteiger partial charge in [0.2, 0.25) is 0 Å². The van der Waals surface area contributed by atoms with Gasteiger partial charge in [-0.2, -0.15) is 5.10 Å². The minimum absolute atomic E-state index is 0.0541. The summed E-state index contributed by atoms with van der Waals surface area (Å²) in [5.41, 5.74) is 0.637. The van der Waals surface area contributed by atoms with E-state index in [4.69, 9.17) is 4.74 Å². The molecule has 1 aromatic heterocycles. The van der Waals surface area contributed by atoms with Crippen LogP contribution in [0.1, 0.15) is 27.7 Å². The first-order valence-corrected chi connectivity index (χ1v) is 7.61. The van der Waals surface area contributed by atoms with E-state index < -0.39 is 0 Å². The Bertz CT molecular complexity index is 527. The van der Waals surface area contributed by atoms with Crippen LogP contribution in [-0.4, -0.2) is 47.7 Å². The summed E-state index contributed by atoms with van der Waals surface area (Å²) in [6, 6.07) is 1.90. The molecule has 1 aliphatic rings. The fraction of sp³-hybridized carbons (Fsp3) is 0.733. The maximum absolute atomic E-state index is 12.2. The molecule has 2 rings (SSSR count). The summed E-state index contributed by atoms with van der Waals surface area (Å²) in [5, 5.41) is 7.59. The number of likely N-dealkylation sites (N-methyl/N-ethyl adjacent to an activating group) is 1. The molecule has 0 bridgehead atoms. The van der Waals surface area contributed by atoms with Crippen LogP contribution in [0.5, 0.6) is 0 Å². The lowest BCUT2D eigenvalue weighted by Crippen LogP contribution is -2.48. The number of rotatable bonds is 5. The quantitative estimate of drug-likeness (QED) is 0.873. The van der Waals surface area contributed by atoms with E-state index in [2.05, 4.69) is 43.0 Å². The first kappa shape index (κ1) is 16.0. The summed E-state index contributed by atoms with van der Waals surface area (Å²) in [6.45, 7) is 11.9. The standard InChI is InChI=1S/C15H26N4O2/c1-5-16-12(2)10-19-14(20)8-13(9-17-19)18-6-7-21-15(3,4)11-18/h8-9,12,16H,5-7,10-11H2,1-4H3. The monoisotopic (exact) mass is 294 g/mol. The third-order valence-corrected chi connectivity index (χ3v) is 3.65. The second kappa shape index (κ2) is 6.58. The van der Waals surface area contributed by atoms with Gasteiger partial charge in [-0.15, -0.1) is 0 Å². The largest absolute Gasteiger partial charge is 0.372 e. The van der Waals surface area contributed by atoms with Gasteiger partial charge in [0.25, 0.3) is 5.56 Å². The second-order valence-corrected chi connectivity index (χ2v) is 6.22. The Morgan fingerprint density at radius 1 is 1.52 bits per heavy atom. The van der Waals surface area contributed by atoms with E-state index >= 15 is 0 Å². The van der Waals surface area contributed by atoms with Crippen molar-refractivity contribution in [2.24, 2.45) is 0 Å². The summed E-state index contributed by atoms with van der Waals surface area (Å²) < 4.78 is 7.21. The molecule has 1 aromatic rings. The van der Waals surface area contributed by atoms with Gasteiger partial charge in [0.05, 0.1) is 30.6 Å². The second-order valence-electron chi connectivity index (χ2n) is 6.22. The van der Waals surface area contributed by atoms with E-state index in [0.717, 1.165) is 25.3 Å². The molecule has 1 N–H and O–H groups in total. The lowest BCUT2D eigenvalue weighted by molar-refractivity contribution is -0.0277. The molecule has 0 spiro atoms. The first-order valence-electron chi connectivity index (χ1n) is 7.61. The Morgan fingerprint density at radius 2 is 2.29 bits per heavy atom. The Kier molecular flexibility index (Phi) is 5.00.